The zero-order chi connectivity index (χ0) is 19.7. The van der Waals surface area contributed by atoms with Crippen molar-refractivity contribution in [2.75, 3.05) is 6.54 Å². The number of amides is 1. The molecule has 1 aliphatic heterocycles. The fourth-order valence-electron chi connectivity index (χ4n) is 3.67. The van der Waals surface area contributed by atoms with Crippen LogP contribution >= 0.6 is 0 Å². The van der Waals surface area contributed by atoms with E-state index in [1.54, 1.807) is 35.3 Å². The van der Waals surface area contributed by atoms with E-state index in [-0.39, 0.29) is 23.8 Å². The van der Waals surface area contributed by atoms with E-state index in [0.717, 1.165) is 18.4 Å². The van der Waals surface area contributed by atoms with Crippen molar-refractivity contribution in [3.05, 3.63) is 71.5 Å². The Morgan fingerprint density at radius 1 is 1.29 bits per heavy atom. The van der Waals surface area contributed by atoms with Crippen LogP contribution in [-0.2, 0) is 6.42 Å². The number of rotatable bonds is 5. The molecule has 1 aliphatic rings. The Morgan fingerprint density at radius 3 is 2.82 bits per heavy atom. The van der Waals surface area contributed by atoms with Gasteiger partial charge in [-0.2, -0.15) is 5.10 Å². The average molecular weight is 382 g/mol. The monoisotopic (exact) mass is 382 g/mol. The van der Waals surface area contributed by atoms with Gasteiger partial charge in [-0.3, -0.25) is 9.48 Å². The van der Waals surface area contributed by atoms with E-state index in [1.165, 1.54) is 12.1 Å². The van der Waals surface area contributed by atoms with Gasteiger partial charge in [0.2, 0.25) is 5.89 Å². The SMILES string of the molecule is CC(C)n1nccc1C(=O)N1CCC[C@H]1c1ncc(Cc2ccc(F)cc2)o1. The number of likely N-dealkylation sites (tertiary alicyclic amines) is 1. The van der Waals surface area contributed by atoms with Gasteiger partial charge in [0.15, 0.2) is 0 Å². The van der Waals surface area contributed by atoms with Crippen LogP contribution in [0.2, 0.25) is 0 Å². The molecule has 0 bridgehead atoms. The number of halogens is 1. The molecule has 0 N–H and O–H groups in total. The summed E-state index contributed by atoms with van der Waals surface area (Å²) >= 11 is 0. The van der Waals surface area contributed by atoms with Gasteiger partial charge in [-0.25, -0.2) is 9.37 Å². The Hall–Kier alpha value is -2.96. The molecule has 0 saturated carbocycles. The number of benzene rings is 1. The molecule has 0 unspecified atom stereocenters. The van der Waals surface area contributed by atoms with Crippen LogP contribution in [0.1, 0.15) is 66.5 Å². The van der Waals surface area contributed by atoms with E-state index in [2.05, 4.69) is 10.1 Å². The Balaban J connectivity index is 1.52. The number of carbonyl (C=O) groups is 1. The number of nitrogens with zero attached hydrogens (tertiary/aromatic N) is 4. The van der Waals surface area contributed by atoms with Gasteiger partial charge in [-0.15, -0.1) is 0 Å². The summed E-state index contributed by atoms with van der Waals surface area (Å²) in [6, 6.07) is 8.02. The van der Waals surface area contributed by atoms with Crippen molar-refractivity contribution in [3.63, 3.8) is 0 Å². The fraction of sp³-hybridized carbons (Fsp3) is 0.381. The first kappa shape index (κ1) is 18.4. The van der Waals surface area contributed by atoms with E-state index in [9.17, 15) is 9.18 Å². The largest absolute Gasteiger partial charge is 0.443 e. The van der Waals surface area contributed by atoms with Gasteiger partial charge in [0, 0.05) is 25.2 Å². The van der Waals surface area contributed by atoms with Crippen molar-refractivity contribution < 1.29 is 13.6 Å². The zero-order valence-corrected chi connectivity index (χ0v) is 16.0. The first-order valence-electron chi connectivity index (χ1n) is 9.56. The molecule has 28 heavy (non-hydrogen) atoms. The van der Waals surface area contributed by atoms with Crippen LogP contribution in [0.25, 0.3) is 0 Å². The summed E-state index contributed by atoms with van der Waals surface area (Å²) in [6.07, 6.45) is 5.61. The highest BCUT2D eigenvalue weighted by molar-refractivity contribution is 5.93. The first-order valence-corrected chi connectivity index (χ1v) is 9.56. The summed E-state index contributed by atoms with van der Waals surface area (Å²) in [7, 11) is 0. The molecule has 2 aromatic heterocycles. The molecule has 0 aliphatic carbocycles. The van der Waals surface area contributed by atoms with Crippen molar-refractivity contribution in [2.45, 2.75) is 45.2 Å². The molecule has 4 rings (SSSR count). The van der Waals surface area contributed by atoms with Crippen molar-refractivity contribution in [1.82, 2.24) is 19.7 Å². The minimum Gasteiger partial charge on any atom is -0.443 e. The third-order valence-electron chi connectivity index (χ3n) is 5.04. The van der Waals surface area contributed by atoms with E-state index < -0.39 is 0 Å². The molecule has 1 saturated heterocycles. The molecule has 6 nitrogen and oxygen atoms in total. The van der Waals surface area contributed by atoms with Crippen molar-refractivity contribution in [1.29, 1.82) is 0 Å². The Bertz CT molecular complexity index is 961. The minimum atomic E-state index is -0.261. The molecule has 1 amide bonds. The van der Waals surface area contributed by atoms with Gasteiger partial charge in [0.1, 0.15) is 23.3 Å². The van der Waals surface area contributed by atoms with Crippen LogP contribution < -0.4 is 0 Å². The Morgan fingerprint density at radius 2 is 2.07 bits per heavy atom. The molecule has 146 valence electrons. The molecule has 1 atom stereocenters. The second-order valence-corrected chi connectivity index (χ2v) is 7.38. The van der Waals surface area contributed by atoms with Crippen LogP contribution in [-0.4, -0.2) is 32.1 Å². The number of oxazole rings is 1. The van der Waals surface area contributed by atoms with E-state index in [4.69, 9.17) is 4.42 Å². The lowest BCUT2D eigenvalue weighted by molar-refractivity contribution is 0.0700. The van der Waals surface area contributed by atoms with Gasteiger partial charge in [-0.05, 0) is 50.5 Å². The standard InChI is InChI=1S/C21H23FN4O2/c1-14(2)26-19(9-10-24-26)21(27)25-11-3-4-18(25)20-23-13-17(28-20)12-15-5-7-16(22)8-6-15/h5-10,13-14,18H,3-4,11-12H2,1-2H3/t18-/m0/s1. The summed E-state index contributed by atoms with van der Waals surface area (Å²) in [6.45, 7) is 4.67. The lowest BCUT2D eigenvalue weighted by atomic mass is 10.1. The van der Waals surface area contributed by atoms with Gasteiger partial charge in [0.25, 0.3) is 5.91 Å². The van der Waals surface area contributed by atoms with Gasteiger partial charge in [0.05, 0.1) is 6.20 Å². The Labute approximate surface area is 163 Å². The number of hydrogen-bond donors (Lipinski definition) is 0. The molecule has 3 aromatic rings. The molecule has 3 heterocycles. The normalized spacial score (nSPS) is 16.9. The fourth-order valence-corrected chi connectivity index (χ4v) is 3.67. The summed E-state index contributed by atoms with van der Waals surface area (Å²) in [5.74, 6) is 0.946. The summed E-state index contributed by atoms with van der Waals surface area (Å²) in [5.41, 5.74) is 1.53. The van der Waals surface area contributed by atoms with Crippen molar-refractivity contribution in [3.8, 4) is 0 Å². The maximum absolute atomic E-state index is 13.1. The quantitative estimate of drug-likeness (QED) is 0.665. The molecular formula is C21H23FN4O2. The predicted octanol–water partition coefficient (Wildman–Crippen LogP) is 4.16. The van der Waals surface area contributed by atoms with Crippen LogP contribution in [0.15, 0.2) is 47.1 Å². The highest BCUT2D eigenvalue weighted by atomic mass is 19.1. The first-order chi connectivity index (χ1) is 13.5. The van der Waals surface area contributed by atoms with Gasteiger partial charge < -0.3 is 9.32 Å². The maximum Gasteiger partial charge on any atom is 0.272 e. The van der Waals surface area contributed by atoms with Crippen LogP contribution in [0.5, 0.6) is 0 Å². The summed E-state index contributed by atoms with van der Waals surface area (Å²) in [5, 5.41) is 4.27. The smallest absolute Gasteiger partial charge is 0.272 e. The molecular weight excluding hydrogens is 359 g/mol. The second kappa shape index (κ2) is 7.58. The van der Waals surface area contributed by atoms with E-state index >= 15 is 0 Å². The molecule has 7 heteroatoms. The predicted molar refractivity (Wildman–Crippen MR) is 101 cm³/mol. The Kier molecular flexibility index (Phi) is 4.98. The number of hydrogen-bond acceptors (Lipinski definition) is 4. The lowest BCUT2D eigenvalue weighted by Gasteiger charge is -2.23. The highest BCUT2D eigenvalue weighted by Crippen LogP contribution is 2.33. The molecule has 1 aromatic carbocycles. The third kappa shape index (κ3) is 3.56. The average Bonchev–Trinajstić information content (AvgIpc) is 3.43. The van der Waals surface area contributed by atoms with Crippen molar-refractivity contribution >= 4 is 5.91 Å². The van der Waals surface area contributed by atoms with Crippen LogP contribution in [0, 0.1) is 5.82 Å². The zero-order valence-electron chi connectivity index (χ0n) is 16.0. The van der Waals surface area contributed by atoms with E-state index in [0.29, 0.717) is 30.3 Å². The maximum atomic E-state index is 13.1. The van der Waals surface area contributed by atoms with Crippen LogP contribution in [0.3, 0.4) is 0 Å². The molecule has 0 spiro atoms. The minimum absolute atomic E-state index is 0.0491. The summed E-state index contributed by atoms with van der Waals surface area (Å²) in [4.78, 5) is 19.4. The third-order valence-corrected chi connectivity index (χ3v) is 5.04. The topological polar surface area (TPSA) is 64.2 Å². The van der Waals surface area contributed by atoms with Crippen molar-refractivity contribution in [2.24, 2.45) is 0 Å². The molecule has 1 fully saturated rings. The number of aromatic nitrogens is 3. The van der Waals surface area contributed by atoms with Gasteiger partial charge >= 0.3 is 0 Å². The van der Waals surface area contributed by atoms with Gasteiger partial charge in [-0.1, -0.05) is 12.1 Å². The molecule has 0 radical (unpaired) electrons. The second-order valence-electron chi connectivity index (χ2n) is 7.38. The number of carbonyl (C=O) groups excluding carboxylic acids is 1. The lowest BCUT2D eigenvalue weighted by Crippen LogP contribution is -2.32. The highest BCUT2D eigenvalue weighted by Gasteiger charge is 2.35. The summed E-state index contributed by atoms with van der Waals surface area (Å²) < 4.78 is 20.8. The van der Waals surface area contributed by atoms with E-state index in [1.807, 2.05) is 18.7 Å². The van der Waals surface area contributed by atoms with Crippen LogP contribution in [0.4, 0.5) is 4.39 Å².